The highest BCUT2D eigenvalue weighted by molar-refractivity contribution is 9.10. The van der Waals surface area contributed by atoms with E-state index < -0.39 is 5.97 Å². The molecule has 1 N–H and O–H groups in total. The Labute approximate surface area is 122 Å². The van der Waals surface area contributed by atoms with E-state index in [1.165, 1.54) is 11.8 Å². The normalized spacial score (nSPS) is 10.3. The van der Waals surface area contributed by atoms with E-state index in [0.29, 0.717) is 14.4 Å². The van der Waals surface area contributed by atoms with Gasteiger partial charge in [-0.15, -0.1) is 0 Å². The van der Waals surface area contributed by atoms with Gasteiger partial charge in [0.15, 0.2) is 0 Å². The summed E-state index contributed by atoms with van der Waals surface area (Å²) in [5.41, 5.74) is 0.275. The number of halogens is 2. The molecule has 0 aliphatic rings. The number of hydrogen-bond acceptors (Lipinski definition) is 2. The van der Waals surface area contributed by atoms with Crippen LogP contribution in [0.25, 0.3) is 0 Å². The molecule has 0 aromatic heterocycles. The highest BCUT2D eigenvalue weighted by Gasteiger charge is 2.14. The summed E-state index contributed by atoms with van der Waals surface area (Å²) >= 11 is 10.5. The second-order valence-corrected chi connectivity index (χ2v) is 5.88. The summed E-state index contributed by atoms with van der Waals surface area (Å²) in [5.74, 6) is -0.945. The Hall–Kier alpha value is -0.970. The molecule has 0 aliphatic heterocycles. The van der Waals surface area contributed by atoms with Crippen molar-refractivity contribution in [3.63, 3.8) is 0 Å². The fourth-order valence-electron chi connectivity index (χ4n) is 1.43. The first-order chi connectivity index (χ1) is 8.58. The van der Waals surface area contributed by atoms with Gasteiger partial charge in [0.25, 0.3) is 0 Å². The number of carbonyl (C=O) groups is 1. The Morgan fingerprint density at radius 2 is 1.83 bits per heavy atom. The van der Waals surface area contributed by atoms with Gasteiger partial charge in [-0.2, -0.15) is 0 Å². The van der Waals surface area contributed by atoms with E-state index in [1.807, 2.05) is 18.2 Å². The van der Waals surface area contributed by atoms with Gasteiger partial charge in [-0.3, -0.25) is 0 Å². The van der Waals surface area contributed by atoms with Crippen molar-refractivity contribution < 1.29 is 9.90 Å². The van der Waals surface area contributed by atoms with Crippen molar-refractivity contribution in [1.82, 2.24) is 0 Å². The number of hydrogen-bond donors (Lipinski definition) is 1. The van der Waals surface area contributed by atoms with Crippen molar-refractivity contribution in [3.8, 4) is 0 Å². The van der Waals surface area contributed by atoms with Gasteiger partial charge in [0.05, 0.1) is 5.56 Å². The zero-order valence-corrected chi connectivity index (χ0v) is 12.2. The van der Waals surface area contributed by atoms with Gasteiger partial charge in [0, 0.05) is 19.3 Å². The van der Waals surface area contributed by atoms with Gasteiger partial charge >= 0.3 is 5.97 Å². The largest absolute Gasteiger partial charge is 0.478 e. The minimum atomic E-state index is -0.945. The molecule has 0 unspecified atom stereocenters. The maximum Gasteiger partial charge on any atom is 0.338 e. The molecule has 0 amide bonds. The van der Waals surface area contributed by atoms with E-state index in [-0.39, 0.29) is 5.56 Å². The summed E-state index contributed by atoms with van der Waals surface area (Å²) < 4.78 is 0.578. The molecule has 2 aromatic carbocycles. The molecule has 2 rings (SSSR count). The van der Waals surface area contributed by atoms with Crippen LogP contribution in [0.15, 0.2) is 56.7 Å². The molecule has 0 aliphatic carbocycles. The Kier molecular flexibility index (Phi) is 4.32. The van der Waals surface area contributed by atoms with Gasteiger partial charge in [-0.05, 0) is 52.3 Å². The van der Waals surface area contributed by atoms with E-state index in [0.717, 1.165) is 4.90 Å². The minimum Gasteiger partial charge on any atom is -0.478 e. The summed E-state index contributed by atoms with van der Waals surface area (Å²) in [7, 11) is 0. The van der Waals surface area contributed by atoms with Gasteiger partial charge in [0.1, 0.15) is 0 Å². The lowest BCUT2D eigenvalue weighted by molar-refractivity contribution is 0.0692. The number of benzene rings is 2. The Morgan fingerprint density at radius 3 is 2.44 bits per heavy atom. The van der Waals surface area contributed by atoms with Crippen LogP contribution in [-0.2, 0) is 0 Å². The predicted molar refractivity (Wildman–Crippen MR) is 76.7 cm³/mol. The van der Waals surface area contributed by atoms with Crippen molar-refractivity contribution >= 4 is 45.3 Å². The Balaban J connectivity index is 2.37. The molecule has 92 valence electrons. The molecule has 5 heteroatoms. The van der Waals surface area contributed by atoms with Crippen molar-refractivity contribution in [3.05, 3.63) is 57.5 Å². The summed E-state index contributed by atoms with van der Waals surface area (Å²) in [6, 6.07) is 12.6. The average Bonchev–Trinajstić information content (AvgIpc) is 2.32. The third kappa shape index (κ3) is 3.07. The van der Waals surface area contributed by atoms with E-state index in [4.69, 9.17) is 11.6 Å². The zero-order chi connectivity index (χ0) is 13.1. The fraction of sp³-hybridized carbons (Fsp3) is 0. The van der Waals surface area contributed by atoms with Crippen LogP contribution >= 0.6 is 39.3 Å². The molecule has 0 atom stereocenters. The smallest absolute Gasteiger partial charge is 0.338 e. The zero-order valence-electron chi connectivity index (χ0n) is 9.06. The van der Waals surface area contributed by atoms with Crippen LogP contribution < -0.4 is 0 Å². The molecule has 2 nitrogen and oxygen atoms in total. The summed E-state index contributed by atoms with van der Waals surface area (Å²) in [6.45, 7) is 0. The standard InChI is InChI=1S/C13H8BrClO2S/c14-10-2-1-3-11(12(10)13(16)17)18-9-6-4-8(15)5-7-9/h1-7H,(H,16,17). The molecule has 0 heterocycles. The maximum atomic E-state index is 11.2. The lowest BCUT2D eigenvalue weighted by Gasteiger charge is -2.07. The first-order valence-corrected chi connectivity index (χ1v) is 7.02. The third-order valence-electron chi connectivity index (χ3n) is 2.23. The highest BCUT2D eigenvalue weighted by Crippen LogP contribution is 2.34. The van der Waals surface area contributed by atoms with Crippen LogP contribution in [0.3, 0.4) is 0 Å². The monoisotopic (exact) mass is 342 g/mol. The fourth-order valence-corrected chi connectivity index (χ4v) is 3.19. The molecule has 0 saturated heterocycles. The van der Waals surface area contributed by atoms with Crippen LogP contribution in [0.2, 0.25) is 5.02 Å². The summed E-state index contributed by atoms with van der Waals surface area (Å²) in [5, 5.41) is 9.86. The molecule has 0 spiro atoms. The molecule has 0 radical (unpaired) electrons. The van der Waals surface area contributed by atoms with E-state index in [9.17, 15) is 9.90 Å². The van der Waals surface area contributed by atoms with Crippen molar-refractivity contribution in [2.75, 3.05) is 0 Å². The van der Waals surface area contributed by atoms with Crippen LogP contribution in [-0.4, -0.2) is 11.1 Å². The van der Waals surface area contributed by atoms with Crippen LogP contribution in [0.4, 0.5) is 0 Å². The third-order valence-corrected chi connectivity index (χ3v) is 4.21. The lowest BCUT2D eigenvalue weighted by atomic mass is 10.2. The average molecular weight is 344 g/mol. The quantitative estimate of drug-likeness (QED) is 0.856. The van der Waals surface area contributed by atoms with Crippen molar-refractivity contribution in [2.45, 2.75) is 9.79 Å². The second-order valence-electron chi connectivity index (χ2n) is 3.47. The predicted octanol–water partition coefficient (Wildman–Crippen LogP) is 4.95. The molecular weight excluding hydrogens is 336 g/mol. The minimum absolute atomic E-state index is 0.275. The highest BCUT2D eigenvalue weighted by atomic mass is 79.9. The van der Waals surface area contributed by atoms with Gasteiger partial charge in [0.2, 0.25) is 0 Å². The van der Waals surface area contributed by atoms with E-state index in [1.54, 1.807) is 24.3 Å². The molecule has 2 aromatic rings. The van der Waals surface area contributed by atoms with E-state index in [2.05, 4.69) is 15.9 Å². The molecule has 18 heavy (non-hydrogen) atoms. The Bertz CT molecular complexity index is 584. The number of carboxylic acid groups (broad SMARTS) is 1. The molecule has 0 saturated carbocycles. The Morgan fingerprint density at radius 1 is 1.17 bits per heavy atom. The van der Waals surface area contributed by atoms with Crippen LogP contribution in [0.1, 0.15) is 10.4 Å². The molecule has 0 fully saturated rings. The molecule has 0 bridgehead atoms. The van der Waals surface area contributed by atoms with Gasteiger partial charge in [-0.25, -0.2) is 4.79 Å². The van der Waals surface area contributed by atoms with E-state index >= 15 is 0 Å². The number of carboxylic acids is 1. The lowest BCUT2D eigenvalue weighted by Crippen LogP contribution is -1.99. The van der Waals surface area contributed by atoms with Crippen LogP contribution in [0.5, 0.6) is 0 Å². The summed E-state index contributed by atoms with van der Waals surface area (Å²) in [6.07, 6.45) is 0. The molecular formula is C13H8BrClO2S. The first kappa shape index (κ1) is 13.5. The van der Waals surface area contributed by atoms with Crippen LogP contribution in [0, 0.1) is 0 Å². The topological polar surface area (TPSA) is 37.3 Å². The van der Waals surface area contributed by atoms with Gasteiger partial charge < -0.3 is 5.11 Å². The van der Waals surface area contributed by atoms with Crippen molar-refractivity contribution in [1.29, 1.82) is 0 Å². The maximum absolute atomic E-state index is 11.2. The SMILES string of the molecule is O=C(O)c1c(Br)cccc1Sc1ccc(Cl)cc1. The number of rotatable bonds is 3. The summed E-state index contributed by atoms with van der Waals surface area (Å²) in [4.78, 5) is 12.9. The second kappa shape index (κ2) is 5.78. The first-order valence-electron chi connectivity index (χ1n) is 5.03. The number of aromatic carboxylic acids is 1. The van der Waals surface area contributed by atoms with Crippen molar-refractivity contribution in [2.24, 2.45) is 0 Å². The van der Waals surface area contributed by atoms with Gasteiger partial charge in [-0.1, -0.05) is 29.4 Å².